The summed E-state index contributed by atoms with van der Waals surface area (Å²) in [6, 6.07) is 11.9. The van der Waals surface area contributed by atoms with Crippen molar-refractivity contribution in [1.82, 2.24) is 5.32 Å². The monoisotopic (exact) mass is 307 g/mol. The van der Waals surface area contributed by atoms with Crippen molar-refractivity contribution in [2.24, 2.45) is 0 Å². The standard InChI is InChI=1S/C17H19F2NS/c1-3-20-16(12-7-4-5-10-17(12)21-2)11-13-14(18)8-6-9-15(13)19/h4-10,16,20H,3,11H2,1-2H3. The van der Waals surface area contributed by atoms with Gasteiger partial charge in [0.05, 0.1) is 0 Å². The van der Waals surface area contributed by atoms with E-state index in [0.717, 1.165) is 17.0 Å². The third kappa shape index (κ3) is 3.83. The molecule has 4 heteroatoms. The zero-order valence-corrected chi connectivity index (χ0v) is 13.0. The van der Waals surface area contributed by atoms with E-state index in [0.29, 0.717) is 6.42 Å². The minimum absolute atomic E-state index is 0.106. The lowest BCUT2D eigenvalue weighted by molar-refractivity contribution is 0.495. The molecule has 1 nitrogen and oxygen atoms in total. The van der Waals surface area contributed by atoms with Gasteiger partial charge in [-0.15, -0.1) is 11.8 Å². The van der Waals surface area contributed by atoms with Crippen molar-refractivity contribution in [2.45, 2.75) is 24.3 Å². The summed E-state index contributed by atoms with van der Waals surface area (Å²) in [5, 5.41) is 3.33. The highest BCUT2D eigenvalue weighted by molar-refractivity contribution is 7.98. The summed E-state index contributed by atoms with van der Waals surface area (Å²) in [5.41, 5.74) is 1.22. The van der Waals surface area contributed by atoms with Gasteiger partial charge in [-0.1, -0.05) is 31.2 Å². The highest BCUT2D eigenvalue weighted by atomic mass is 32.2. The predicted octanol–water partition coefficient (Wildman–Crippen LogP) is 4.58. The van der Waals surface area contributed by atoms with Crippen LogP contribution in [0, 0.1) is 11.6 Å². The van der Waals surface area contributed by atoms with Crippen LogP contribution in [-0.4, -0.2) is 12.8 Å². The van der Waals surface area contributed by atoms with Crippen LogP contribution in [0.5, 0.6) is 0 Å². The SMILES string of the molecule is CCNC(Cc1c(F)cccc1F)c1ccccc1SC. The smallest absolute Gasteiger partial charge is 0.129 e. The molecule has 1 N–H and O–H groups in total. The second-order valence-corrected chi connectivity index (χ2v) is 5.60. The molecule has 1 unspecified atom stereocenters. The first-order chi connectivity index (χ1) is 10.2. The van der Waals surface area contributed by atoms with Gasteiger partial charge in [0.2, 0.25) is 0 Å². The van der Waals surface area contributed by atoms with Crippen LogP contribution in [0.1, 0.15) is 24.1 Å². The van der Waals surface area contributed by atoms with Gasteiger partial charge in [-0.2, -0.15) is 0 Å². The van der Waals surface area contributed by atoms with Gasteiger partial charge >= 0.3 is 0 Å². The number of rotatable bonds is 6. The van der Waals surface area contributed by atoms with Gasteiger partial charge in [-0.05, 0) is 43.0 Å². The molecule has 2 aromatic carbocycles. The second kappa shape index (κ2) is 7.57. The van der Waals surface area contributed by atoms with Crippen molar-refractivity contribution in [3.63, 3.8) is 0 Å². The molecule has 1 atom stereocenters. The van der Waals surface area contributed by atoms with Gasteiger partial charge in [0.25, 0.3) is 0 Å². The number of likely N-dealkylation sites (N-methyl/N-ethyl adjacent to an activating group) is 1. The van der Waals surface area contributed by atoms with E-state index >= 15 is 0 Å². The maximum Gasteiger partial charge on any atom is 0.129 e. The molecule has 0 fully saturated rings. The number of halogens is 2. The zero-order valence-electron chi connectivity index (χ0n) is 12.2. The molecule has 0 aliphatic heterocycles. The first-order valence-corrected chi connectivity index (χ1v) is 8.19. The van der Waals surface area contributed by atoms with E-state index < -0.39 is 11.6 Å². The molecular formula is C17H19F2NS. The van der Waals surface area contributed by atoms with E-state index in [9.17, 15) is 8.78 Å². The van der Waals surface area contributed by atoms with Gasteiger partial charge in [0, 0.05) is 16.5 Å². The molecule has 0 saturated carbocycles. The van der Waals surface area contributed by atoms with Gasteiger partial charge < -0.3 is 5.32 Å². The quantitative estimate of drug-likeness (QED) is 0.784. The normalized spacial score (nSPS) is 12.4. The highest BCUT2D eigenvalue weighted by Gasteiger charge is 2.18. The molecule has 0 spiro atoms. The van der Waals surface area contributed by atoms with Crippen LogP contribution in [0.25, 0.3) is 0 Å². The number of hydrogen-bond donors (Lipinski definition) is 1. The van der Waals surface area contributed by atoms with Gasteiger partial charge in [-0.25, -0.2) is 8.78 Å². The molecule has 0 bridgehead atoms. The van der Waals surface area contributed by atoms with Gasteiger partial charge in [0.1, 0.15) is 11.6 Å². The molecule has 2 aromatic rings. The summed E-state index contributed by atoms with van der Waals surface area (Å²) >= 11 is 1.64. The van der Waals surface area contributed by atoms with Crippen LogP contribution in [-0.2, 0) is 6.42 Å². The van der Waals surface area contributed by atoms with Crippen molar-refractivity contribution in [2.75, 3.05) is 12.8 Å². The summed E-state index contributed by atoms with van der Waals surface area (Å²) < 4.78 is 27.8. The largest absolute Gasteiger partial charge is 0.310 e. The summed E-state index contributed by atoms with van der Waals surface area (Å²) in [7, 11) is 0. The van der Waals surface area contributed by atoms with Crippen molar-refractivity contribution in [1.29, 1.82) is 0 Å². The van der Waals surface area contributed by atoms with Crippen molar-refractivity contribution in [3.8, 4) is 0 Å². The lowest BCUT2D eigenvalue weighted by atomic mass is 9.98. The van der Waals surface area contributed by atoms with E-state index in [1.165, 1.54) is 18.2 Å². The van der Waals surface area contributed by atoms with Crippen molar-refractivity contribution < 1.29 is 8.78 Å². The lowest BCUT2D eigenvalue weighted by Gasteiger charge is -2.21. The fourth-order valence-electron chi connectivity index (χ4n) is 2.42. The topological polar surface area (TPSA) is 12.0 Å². The first kappa shape index (κ1) is 16.0. The number of hydrogen-bond acceptors (Lipinski definition) is 2. The Bertz CT molecular complexity index is 581. The second-order valence-electron chi connectivity index (χ2n) is 4.76. The molecule has 21 heavy (non-hydrogen) atoms. The van der Waals surface area contributed by atoms with Crippen LogP contribution in [0.3, 0.4) is 0 Å². The summed E-state index contributed by atoms with van der Waals surface area (Å²) in [5.74, 6) is -0.973. The summed E-state index contributed by atoms with van der Waals surface area (Å²) in [4.78, 5) is 1.13. The maximum atomic E-state index is 13.9. The molecule has 0 aliphatic carbocycles. The highest BCUT2D eigenvalue weighted by Crippen LogP contribution is 2.29. The Hall–Kier alpha value is -1.39. The summed E-state index contributed by atoms with van der Waals surface area (Å²) in [6.07, 6.45) is 2.30. The molecule has 0 amide bonds. The number of thioether (sulfide) groups is 1. The van der Waals surface area contributed by atoms with Gasteiger partial charge in [0.15, 0.2) is 0 Å². The fraction of sp³-hybridized carbons (Fsp3) is 0.294. The molecule has 0 saturated heterocycles. The average molecular weight is 307 g/mol. The van der Waals surface area contributed by atoms with Crippen LogP contribution in [0.15, 0.2) is 47.4 Å². The molecule has 112 valence electrons. The van der Waals surface area contributed by atoms with Crippen LogP contribution >= 0.6 is 11.8 Å². The van der Waals surface area contributed by atoms with Crippen LogP contribution in [0.4, 0.5) is 8.78 Å². The Morgan fingerprint density at radius 1 is 1.05 bits per heavy atom. The third-order valence-corrected chi connectivity index (χ3v) is 4.25. The first-order valence-electron chi connectivity index (χ1n) is 6.96. The maximum absolute atomic E-state index is 13.9. The van der Waals surface area contributed by atoms with E-state index in [4.69, 9.17) is 0 Å². The molecule has 2 rings (SSSR count). The lowest BCUT2D eigenvalue weighted by Crippen LogP contribution is -2.24. The Labute approximate surface area is 128 Å². The van der Waals surface area contributed by atoms with Crippen molar-refractivity contribution >= 4 is 11.8 Å². The van der Waals surface area contributed by atoms with E-state index in [1.807, 2.05) is 37.4 Å². The van der Waals surface area contributed by atoms with E-state index in [2.05, 4.69) is 5.32 Å². The Balaban J connectivity index is 2.35. The van der Waals surface area contributed by atoms with E-state index in [1.54, 1.807) is 11.8 Å². The predicted molar refractivity (Wildman–Crippen MR) is 84.7 cm³/mol. The van der Waals surface area contributed by atoms with Crippen LogP contribution in [0.2, 0.25) is 0 Å². The molecule has 0 heterocycles. The summed E-state index contributed by atoms with van der Waals surface area (Å²) in [6.45, 7) is 2.73. The minimum Gasteiger partial charge on any atom is -0.310 e. The Morgan fingerprint density at radius 3 is 2.33 bits per heavy atom. The Kier molecular flexibility index (Phi) is 5.76. The molecule has 0 radical (unpaired) electrons. The number of benzene rings is 2. The van der Waals surface area contributed by atoms with Crippen LogP contribution < -0.4 is 5.32 Å². The molecular weight excluding hydrogens is 288 g/mol. The third-order valence-electron chi connectivity index (χ3n) is 3.43. The molecule has 0 aliphatic rings. The average Bonchev–Trinajstić information content (AvgIpc) is 2.50. The Morgan fingerprint density at radius 2 is 1.71 bits per heavy atom. The van der Waals surface area contributed by atoms with E-state index in [-0.39, 0.29) is 11.6 Å². The molecule has 0 aromatic heterocycles. The number of nitrogens with one attached hydrogen (secondary N) is 1. The van der Waals surface area contributed by atoms with Gasteiger partial charge in [-0.3, -0.25) is 0 Å². The zero-order chi connectivity index (χ0) is 15.2. The van der Waals surface area contributed by atoms with Crippen molar-refractivity contribution in [3.05, 3.63) is 65.2 Å². The fourth-order valence-corrected chi connectivity index (χ4v) is 3.08. The minimum atomic E-state index is -0.487.